The fraction of sp³-hybridized carbons (Fsp3) is 0.462. The number of rotatable bonds is 3. The van der Waals surface area contributed by atoms with E-state index in [1.165, 1.54) is 5.56 Å². The number of hydrogen-bond donors (Lipinski definition) is 0. The molecule has 15 heavy (non-hydrogen) atoms. The van der Waals surface area contributed by atoms with E-state index in [1.54, 1.807) is 0 Å². The Balaban J connectivity index is 1.96. The number of ether oxygens (including phenoxy) is 1. The third kappa shape index (κ3) is 2.66. The predicted octanol–water partition coefficient (Wildman–Crippen LogP) is 2.29. The van der Waals surface area contributed by atoms with E-state index in [9.17, 15) is 4.79 Å². The molecule has 2 rings (SSSR count). The minimum absolute atomic E-state index is 0.147. The molecule has 1 unspecified atom stereocenters. The van der Waals surface area contributed by atoms with Crippen molar-refractivity contribution in [3.8, 4) is 0 Å². The minimum atomic E-state index is -0.147. The highest BCUT2D eigenvalue weighted by molar-refractivity contribution is 5.85. The molecule has 0 bridgehead atoms. The Morgan fingerprint density at radius 1 is 1.40 bits per heavy atom. The molecule has 1 aromatic rings. The summed E-state index contributed by atoms with van der Waals surface area (Å²) in [6.45, 7) is 2.79. The molecule has 2 heteroatoms. The topological polar surface area (TPSA) is 26.3 Å². The Morgan fingerprint density at radius 2 is 2.13 bits per heavy atom. The number of carbonyl (C=O) groups is 1. The number of carbonyl (C=O) groups excluding carboxylic acids is 1. The van der Waals surface area contributed by atoms with Crippen molar-refractivity contribution in [2.24, 2.45) is 0 Å². The van der Waals surface area contributed by atoms with Crippen LogP contribution in [0.4, 0.5) is 0 Å². The maximum Gasteiger partial charge on any atom is 0.165 e. The first-order valence-electron chi connectivity index (χ1n) is 5.45. The van der Waals surface area contributed by atoms with E-state index in [0.29, 0.717) is 6.42 Å². The van der Waals surface area contributed by atoms with Crippen LogP contribution in [0.1, 0.15) is 24.0 Å². The molecule has 1 aliphatic rings. The standard InChI is InChI=1S/C13H16O2/c1-10-4-6-11(7-5-10)9-12(14)13-3-2-8-15-13/h4-7,13H,2-3,8-9H2,1H3. The fourth-order valence-electron chi connectivity index (χ4n) is 1.85. The van der Waals surface area contributed by atoms with Gasteiger partial charge in [-0.3, -0.25) is 4.79 Å². The van der Waals surface area contributed by atoms with Gasteiger partial charge in [-0.15, -0.1) is 0 Å². The normalized spacial score (nSPS) is 20.5. The second-order valence-electron chi connectivity index (χ2n) is 4.13. The zero-order valence-corrected chi connectivity index (χ0v) is 9.03. The highest BCUT2D eigenvalue weighted by atomic mass is 16.5. The van der Waals surface area contributed by atoms with Crippen molar-refractivity contribution >= 4 is 5.78 Å². The van der Waals surface area contributed by atoms with Crippen LogP contribution in [-0.2, 0) is 16.0 Å². The van der Waals surface area contributed by atoms with Crippen molar-refractivity contribution in [3.63, 3.8) is 0 Å². The van der Waals surface area contributed by atoms with Gasteiger partial charge in [-0.2, -0.15) is 0 Å². The van der Waals surface area contributed by atoms with Crippen molar-refractivity contribution < 1.29 is 9.53 Å². The van der Waals surface area contributed by atoms with Crippen molar-refractivity contribution in [1.29, 1.82) is 0 Å². The van der Waals surface area contributed by atoms with Gasteiger partial charge >= 0.3 is 0 Å². The van der Waals surface area contributed by atoms with Crippen LogP contribution in [-0.4, -0.2) is 18.5 Å². The lowest BCUT2D eigenvalue weighted by Gasteiger charge is -2.07. The number of benzene rings is 1. The molecule has 0 aromatic heterocycles. The van der Waals surface area contributed by atoms with Gasteiger partial charge in [0, 0.05) is 13.0 Å². The van der Waals surface area contributed by atoms with E-state index in [-0.39, 0.29) is 11.9 Å². The molecule has 0 aliphatic carbocycles. The van der Waals surface area contributed by atoms with E-state index in [0.717, 1.165) is 25.0 Å². The van der Waals surface area contributed by atoms with Crippen LogP contribution in [0.3, 0.4) is 0 Å². The lowest BCUT2D eigenvalue weighted by molar-refractivity contribution is -0.127. The molecular formula is C13H16O2. The molecule has 1 heterocycles. The fourth-order valence-corrected chi connectivity index (χ4v) is 1.85. The first-order valence-corrected chi connectivity index (χ1v) is 5.45. The van der Waals surface area contributed by atoms with E-state index < -0.39 is 0 Å². The quantitative estimate of drug-likeness (QED) is 0.755. The molecule has 1 fully saturated rings. The molecule has 0 spiro atoms. The Labute approximate surface area is 90.3 Å². The summed E-state index contributed by atoms with van der Waals surface area (Å²) >= 11 is 0. The monoisotopic (exact) mass is 204 g/mol. The molecule has 1 saturated heterocycles. The largest absolute Gasteiger partial charge is 0.370 e. The lowest BCUT2D eigenvalue weighted by atomic mass is 10.0. The molecule has 0 amide bonds. The second-order valence-corrected chi connectivity index (χ2v) is 4.13. The highest BCUT2D eigenvalue weighted by Gasteiger charge is 2.23. The number of Topliss-reactive ketones (excluding diaryl/α,β-unsaturated/α-hetero) is 1. The van der Waals surface area contributed by atoms with Gasteiger partial charge in [0.15, 0.2) is 5.78 Å². The van der Waals surface area contributed by atoms with Crippen LogP contribution in [0, 0.1) is 6.92 Å². The van der Waals surface area contributed by atoms with Gasteiger partial charge in [-0.05, 0) is 25.3 Å². The first-order chi connectivity index (χ1) is 7.25. The van der Waals surface area contributed by atoms with Crippen molar-refractivity contribution in [2.45, 2.75) is 32.3 Å². The highest BCUT2D eigenvalue weighted by Crippen LogP contribution is 2.15. The average Bonchev–Trinajstić information content (AvgIpc) is 2.74. The smallest absolute Gasteiger partial charge is 0.165 e. The third-order valence-corrected chi connectivity index (χ3v) is 2.79. The van der Waals surface area contributed by atoms with Gasteiger partial charge in [0.25, 0.3) is 0 Å². The summed E-state index contributed by atoms with van der Waals surface area (Å²) in [7, 11) is 0. The summed E-state index contributed by atoms with van der Waals surface area (Å²) in [5.74, 6) is 0.219. The van der Waals surface area contributed by atoms with Crippen molar-refractivity contribution in [1.82, 2.24) is 0 Å². The summed E-state index contributed by atoms with van der Waals surface area (Å²) in [4.78, 5) is 11.8. The second kappa shape index (κ2) is 4.58. The zero-order valence-electron chi connectivity index (χ0n) is 9.03. The molecule has 1 aromatic carbocycles. The molecule has 80 valence electrons. The van der Waals surface area contributed by atoms with Crippen LogP contribution in [0.25, 0.3) is 0 Å². The number of hydrogen-bond acceptors (Lipinski definition) is 2. The summed E-state index contributed by atoms with van der Waals surface area (Å²) in [5, 5.41) is 0. The van der Waals surface area contributed by atoms with E-state index >= 15 is 0 Å². The van der Waals surface area contributed by atoms with E-state index in [4.69, 9.17) is 4.74 Å². The maximum atomic E-state index is 11.8. The molecule has 0 N–H and O–H groups in total. The zero-order chi connectivity index (χ0) is 10.7. The van der Waals surface area contributed by atoms with Crippen molar-refractivity contribution in [2.75, 3.05) is 6.61 Å². The molecule has 1 aliphatic heterocycles. The SMILES string of the molecule is Cc1ccc(CC(=O)C2CCCO2)cc1. The first kappa shape index (κ1) is 10.4. The molecule has 1 atom stereocenters. The Hall–Kier alpha value is -1.15. The summed E-state index contributed by atoms with van der Waals surface area (Å²) in [5.41, 5.74) is 2.31. The third-order valence-electron chi connectivity index (χ3n) is 2.79. The van der Waals surface area contributed by atoms with Gasteiger partial charge in [0.05, 0.1) is 0 Å². The van der Waals surface area contributed by atoms with Gasteiger partial charge in [0.1, 0.15) is 6.10 Å². The van der Waals surface area contributed by atoms with Crippen LogP contribution >= 0.6 is 0 Å². The van der Waals surface area contributed by atoms with Crippen molar-refractivity contribution in [3.05, 3.63) is 35.4 Å². The minimum Gasteiger partial charge on any atom is -0.370 e. The lowest BCUT2D eigenvalue weighted by Crippen LogP contribution is -2.21. The Morgan fingerprint density at radius 3 is 2.73 bits per heavy atom. The maximum absolute atomic E-state index is 11.8. The van der Waals surface area contributed by atoms with E-state index in [1.807, 2.05) is 31.2 Å². The van der Waals surface area contributed by atoms with Crippen LogP contribution < -0.4 is 0 Å². The number of aryl methyl sites for hydroxylation is 1. The number of ketones is 1. The van der Waals surface area contributed by atoms with Gasteiger partial charge < -0.3 is 4.74 Å². The molecule has 2 nitrogen and oxygen atoms in total. The van der Waals surface area contributed by atoms with E-state index in [2.05, 4.69) is 0 Å². The van der Waals surface area contributed by atoms with Gasteiger partial charge in [-0.1, -0.05) is 29.8 Å². The summed E-state index contributed by atoms with van der Waals surface area (Å²) in [6, 6.07) is 8.11. The van der Waals surface area contributed by atoms with Crippen LogP contribution in [0.15, 0.2) is 24.3 Å². The van der Waals surface area contributed by atoms with Gasteiger partial charge in [-0.25, -0.2) is 0 Å². The summed E-state index contributed by atoms with van der Waals surface area (Å²) < 4.78 is 5.36. The molecule has 0 saturated carbocycles. The Bertz CT molecular complexity index is 334. The average molecular weight is 204 g/mol. The van der Waals surface area contributed by atoms with Crippen LogP contribution in [0.5, 0.6) is 0 Å². The van der Waals surface area contributed by atoms with Gasteiger partial charge in [0.2, 0.25) is 0 Å². The molecule has 0 radical (unpaired) electrons. The Kier molecular flexibility index (Phi) is 3.17. The molecular weight excluding hydrogens is 188 g/mol. The predicted molar refractivity (Wildman–Crippen MR) is 58.9 cm³/mol. The summed E-state index contributed by atoms with van der Waals surface area (Å²) in [6.07, 6.45) is 2.27. The van der Waals surface area contributed by atoms with Crippen LogP contribution in [0.2, 0.25) is 0 Å².